The van der Waals surface area contributed by atoms with Crippen LogP contribution in [0, 0.1) is 13.8 Å². The van der Waals surface area contributed by atoms with Crippen LogP contribution in [0.1, 0.15) is 27.0 Å². The second-order valence-electron chi connectivity index (χ2n) is 4.78. The van der Waals surface area contributed by atoms with E-state index in [0.29, 0.717) is 12.2 Å². The normalized spacial score (nSPS) is 10.3. The van der Waals surface area contributed by atoms with Crippen molar-refractivity contribution in [3.63, 3.8) is 0 Å². The fraction of sp³-hybridized carbons (Fsp3) is 0.235. The van der Waals surface area contributed by atoms with Gasteiger partial charge in [0.25, 0.3) is 0 Å². The van der Waals surface area contributed by atoms with Crippen molar-refractivity contribution in [2.24, 2.45) is 0 Å². The number of halogens is 1. The first-order valence-electron chi connectivity index (χ1n) is 6.58. The molecule has 2 aromatic carbocycles. The van der Waals surface area contributed by atoms with E-state index in [1.807, 2.05) is 25.1 Å². The van der Waals surface area contributed by atoms with Crippen LogP contribution in [0.15, 0.2) is 40.9 Å². The molecule has 0 radical (unpaired) electrons. The molecule has 0 aliphatic heterocycles. The molecule has 2 rings (SSSR count). The summed E-state index contributed by atoms with van der Waals surface area (Å²) in [5.41, 5.74) is 3.83. The zero-order valence-corrected chi connectivity index (χ0v) is 13.9. The number of benzene rings is 2. The lowest BCUT2D eigenvalue weighted by atomic mass is 10.1. The minimum atomic E-state index is -0.349. The summed E-state index contributed by atoms with van der Waals surface area (Å²) in [5.74, 6) is 0.525. The predicted octanol–water partition coefficient (Wildman–Crippen LogP) is 4.43. The third-order valence-corrected chi connectivity index (χ3v) is 4.15. The average Bonchev–Trinajstić information content (AvgIpc) is 2.49. The van der Waals surface area contributed by atoms with Crippen molar-refractivity contribution in [3.05, 3.63) is 63.1 Å². The van der Waals surface area contributed by atoms with Crippen molar-refractivity contribution < 1.29 is 14.3 Å². The van der Waals surface area contributed by atoms with Crippen LogP contribution < -0.4 is 4.74 Å². The van der Waals surface area contributed by atoms with E-state index in [1.54, 1.807) is 12.1 Å². The lowest BCUT2D eigenvalue weighted by molar-refractivity contribution is 0.0600. The maximum atomic E-state index is 11.5. The molecule has 0 atom stereocenters. The Bertz CT molecular complexity index is 665. The summed E-state index contributed by atoms with van der Waals surface area (Å²) in [6.45, 7) is 4.54. The first-order valence-corrected chi connectivity index (χ1v) is 7.38. The molecular weight excluding hydrogens is 332 g/mol. The molecule has 0 bridgehead atoms. The Morgan fingerprint density at radius 1 is 1.19 bits per heavy atom. The molecule has 3 nitrogen and oxygen atoms in total. The van der Waals surface area contributed by atoms with Gasteiger partial charge < -0.3 is 9.47 Å². The van der Waals surface area contributed by atoms with Gasteiger partial charge in [-0.05, 0) is 43.2 Å². The Hall–Kier alpha value is -1.81. The molecule has 110 valence electrons. The molecule has 21 heavy (non-hydrogen) atoms. The Morgan fingerprint density at radius 3 is 2.62 bits per heavy atom. The van der Waals surface area contributed by atoms with Crippen molar-refractivity contribution in [2.45, 2.75) is 20.5 Å². The van der Waals surface area contributed by atoms with Crippen LogP contribution in [0.25, 0.3) is 0 Å². The second-order valence-corrected chi connectivity index (χ2v) is 5.64. The Kier molecular flexibility index (Phi) is 5.02. The quantitative estimate of drug-likeness (QED) is 0.766. The Morgan fingerprint density at radius 2 is 1.95 bits per heavy atom. The van der Waals surface area contributed by atoms with Crippen LogP contribution in [-0.4, -0.2) is 13.1 Å². The minimum absolute atomic E-state index is 0.349. The number of aryl methyl sites for hydroxylation is 1. The highest BCUT2D eigenvalue weighted by Crippen LogP contribution is 2.24. The van der Waals surface area contributed by atoms with Gasteiger partial charge in [0.05, 0.1) is 12.7 Å². The molecule has 0 aliphatic carbocycles. The summed E-state index contributed by atoms with van der Waals surface area (Å²) in [4.78, 5) is 11.5. The van der Waals surface area contributed by atoms with Gasteiger partial charge in [-0.1, -0.05) is 34.1 Å². The van der Waals surface area contributed by atoms with E-state index in [-0.39, 0.29) is 5.97 Å². The van der Waals surface area contributed by atoms with Gasteiger partial charge >= 0.3 is 5.97 Å². The van der Waals surface area contributed by atoms with Crippen LogP contribution in [0.2, 0.25) is 0 Å². The number of rotatable bonds is 4. The van der Waals surface area contributed by atoms with Crippen molar-refractivity contribution in [1.29, 1.82) is 0 Å². The summed E-state index contributed by atoms with van der Waals surface area (Å²) in [6.07, 6.45) is 0. The summed E-state index contributed by atoms with van der Waals surface area (Å²) in [7, 11) is 1.37. The lowest BCUT2D eigenvalue weighted by Gasteiger charge is -2.12. The molecule has 0 amide bonds. The number of hydrogen-bond donors (Lipinski definition) is 0. The average molecular weight is 349 g/mol. The van der Waals surface area contributed by atoms with Crippen LogP contribution in [0.4, 0.5) is 0 Å². The van der Waals surface area contributed by atoms with E-state index in [2.05, 4.69) is 28.9 Å². The molecule has 4 heteroatoms. The number of ether oxygens (including phenoxy) is 2. The molecule has 0 spiro atoms. The van der Waals surface area contributed by atoms with Gasteiger partial charge in [0.15, 0.2) is 0 Å². The summed E-state index contributed by atoms with van der Waals surface area (Å²) in [6, 6.07) is 11.3. The van der Waals surface area contributed by atoms with Gasteiger partial charge in [-0.15, -0.1) is 0 Å². The Labute approximate surface area is 133 Å². The van der Waals surface area contributed by atoms with Crippen molar-refractivity contribution in [3.8, 4) is 5.75 Å². The fourth-order valence-electron chi connectivity index (χ4n) is 1.95. The highest BCUT2D eigenvalue weighted by molar-refractivity contribution is 9.10. The van der Waals surface area contributed by atoms with Gasteiger partial charge in [0, 0.05) is 10.0 Å². The maximum Gasteiger partial charge on any atom is 0.337 e. The molecule has 0 fully saturated rings. The first kappa shape index (κ1) is 15.6. The fourth-order valence-corrected chi connectivity index (χ4v) is 2.44. The lowest BCUT2D eigenvalue weighted by Crippen LogP contribution is -2.03. The largest absolute Gasteiger partial charge is 0.489 e. The molecule has 0 aliphatic rings. The third-order valence-electron chi connectivity index (χ3n) is 3.41. The summed E-state index contributed by atoms with van der Waals surface area (Å²) < 4.78 is 11.4. The minimum Gasteiger partial charge on any atom is -0.489 e. The smallest absolute Gasteiger partial charge is 0.337 e. The standard InChI is InChI=1S/C17H17BrO3/c1-11-5-4-6-16(12(11)2)21-10-14-8-7-13(9-15(14)18)17(19)20-3/h4-9H,10H2,1-3H3. The molecule has 0 heterocycles. The van der Waals surface area contributed by atoms with Crippen molar-refractivity contribution in [1.82, 2.24) is 0 Å². The number of methoxy groups -OCH3 is 1. The van der Waals surface area contributed by atoms with E-state index < -0.39 is 0 Å². The topological polar surface area (TPSA) is 35.5 Å². The van der Waals surface area contributed by atoms with Crippen LogP contribution >= 0.6 is 15.9 Å². The first-order chi connectivity index (χ1) is 10.0. The number of esters is 1. The van der Waals surface area contributed by atoms with E-state index in [9.17, 15) is 4.79 Å². The van der Waals surface area contributed by atoms with Gasteiger partial charge in [0.2, 0.25) is 0 Å². The van der Waals surface area contributed by atoms with E-state index in [4.69, 9.17) is 9.47 Å². The third kappa shape index (κ3) is 3.64. The molecule has 0 unspecified atom stereocenters. The number of carbonyl (C=O) groups excluding carboxylic acids is 1. The van der Waals surface area contributed by atoms with E-state index in [0.717, 1.165) is 21.3 Å². The molecule has 2 aromatic rings. The highest BCUT2D eigenvalue weighted by Gasteiger charge is 2.09. The number of hydrogen-bond acceptors (Lipinski definition) is 3. The zero-order chi connectivity index (χ0) is 15.4. The summed E-state index contributed by atoms with van der Waals surface area (Å²) in [5, 5.41) is 0. The maximum absolute atomic E-state index is 11.5. The van der Waals surface area contributed by atoms with Gasteiger partial charge in [-0.25, -0.2) is 4.79 Å². The Balaban J connectivity index is 2.13. The molecule has 0 N–H and O–H groups in total. The highest BCUT2D eigenvalue weighted by atomic mass is 79.9. The predicted molar refractivity (Wildman–Crippen MR) is 85.7 cm³/mol. The van der Waals surface area contributed by atoms with E-state index in [1.165, 1.54) is 12.7 Å². The van der Waals surface area contributed by atoms with Crippen LogP contribution in [0.3, 0.4) is 0 Å². The molecular formula is C17H17BrO3. The SMILES string of the molecule is COC(=O)c1ccc(COc2cccc(C)c2C)c(Br)c1. The number of carbonyl (C=O) groups is 1. The van der Waals surface area contributed by atoms with Gasteiger partial charge in [-0.2, -0.15) is 0 Å². The van der Waals surface area contributed by atoms with Crippen LogP contribution in [-0.2, 0) is 11.3 Å². The van der Waals surface area contributed by atoms with Crippen LogP contribution in [0.5, 0.6) is 5.75 Å². The monoisotopic (exact) mass is 348 g/mol. The summed E-state index contributed by atoms with van der Waals surface area (Å²) >= 11 is 3.46. The second kappa shape index (κ2) is 6.76. The van der Waals surface area contributed by atoms with Gasteiger partial charge in [-0.3, -0.25) is 0 Å². The van der Waals surface area contributed by atoms with E-state index >= 15 is 0 Å². The van der Waals surface area contributed by atoms with Crippen molar-refractivity contribution >= 4 is 21.9 Å². The molecule has 0 saturated heterocycles. The van der Waals surface area contributed by atoms with Crippen molar-refractivity contribution in [2.75, 3.05) is 7.11 Å². The molecule has 0 saturated carbocycles. The zero-order valence-electron chi connectivity index (χ0n) is 12.3. The molecule has 0 aromatic heterocycles. The van der Waals surface area contributed by atoms with Gasteiger partial charge in [0.1, 0.15) is 12.4 Å².